The quantitative estimate of drug-likeness (QED) is 0.791. The molecule has 3 unspecified atom stereocenters. The molecule has 1 aliphatic rings. The molecule has 3 atom stereocenters. The average molecular weight is 277 g/mol. The first-order valence-electron chi connectivity index (χ1n) is 8.13. The summed E-state index contributed by atoms with van der Waals surface area (Å²) in [6.45, 7) is 6.78. The number of rotatable bonds is 5. The van der Waals surface area contributed by atoms with Gasteiger partial charge >= 0.3 is 0 Å². The topological polar surface area (TPSA) is 12.0 Å². The Labute approximate surface area is 123 Å². The van der Waals surface area contributed by atoms with Crippen LogP contribution in [0.25, 0.3) is 0 Å². The smallest absolute Gasteiger partial charge is 0.123 e. The molecule has 0 amide bonds. The zero-order chi connectivity index (χ0) is 14.5. The van der Waals surface area contributed by atoms with Crippen molar-refractivity contribution in [1.82, 2.24) is 5.32 Å². The Balaban J connectivity index is 2.10. The maximum atomic E-state index is 13.1. The van der Waals surface area contributed by atoms with Gasteiger partial charge in [-0.05, 0) is 42.4 Å². The third-order valence-electron chi connectivity index (χ3n) is 4.72. The van der Waals surface area contributed by atoms with E-state index in [4.69, 9.17) is 0 Å². The minimum Gasteiger partial charge on any atom is -0.307 e. The SMILES string of the molecule is CCC1CCCCC1NC(c1ccc(F)cc1)C(C)C. The van der Waals surface area contributed by atoms with Crippen LogP contribution < -0.4 is 5.32 Å². The van der Waals surface area contributed by atoms with Crippen molar-refractivity contribution in [2.24, 2.45) is 11.8 Å². The molecule has 1 aliphatic carbocycles. The number of benzene rings is 1. The lowest BCUT2D eigenvalue weighted by atomic mass is 9.81. The van der Waals surface area contributed by atoms with E-state index in [2.05, 4.69) is 26.1 Å². The molecule has 0 heterocycles. The minimum absolute atomic E-state index is 0.152. The summed E-state index contributed by atoms with van der Waals surface area (Å²) in [6, 6.07) is 7.95. The van der Waals surface area contributed by atoms with E-state index in [1.807, 2.05) is 12.1 Å². The molecule has 1 N–H and O–H groups in total. The van der Waals surface area contributed by atoms with E-state index < -0.39 is 0 Å². The lowest BCUT2D eigenvalue weighted by Crippen LogP contribution is -2.42. The highest BCUT2D eigenvalue weighted by Gasteiger charge is 2.27. The third-order valence-corrected chi connectivity index (χ3v) is 4.72. The number of halogens is 1. The number of hydrogen-bond acceptors (Lipinski definition) is 1. The predicted molar refractivity (Wildman–Crippen MR) is 83.2 cm³/mol. The van der Waals surface area contributed by atoms with Crippen molar-refractivity contribution in [2.75, 3.05) is 0 Å². The van der Waals surface area contributed by atoms with Crippen LogP contribution in [0.15, 0.2) is 24.3 Å². The Morgan fingerprint density at radius 1 is 1.15 bits per heavy atom. The van der Waals surface area contributed by atoms with Crippen LogP contribution >= 0.6 is 0 Å². The summed E-state index contributed by atoms with van der Waals surface area (Å²) in [4.78, 5) is 0. The molecule has 2 heteroatoms. The second-order valence-electron chi connectivity index (χ2n) is 6.50. The van der Waals surface area contributed by atoms with Crippen LogP contribution in [0.3, 0.4) is 0 Å². The lowest BCUT2D eigenvalue weighted by molar-refractivity contribution is 0.219. The van der Waals surface area contributed by atoms with E-state index in [9.17, 15) is 4.39 Å². The van der Waals surface area contributed by atoms with Gasteiger partial charge in [0.1, 0.15) is 5.82 Å². The highest BCUT2D eigenvalue weighted by molar-refractivity contribution is 5.20. The number of hydrogen-bond donors (Lipinski definition) is 1. The van der Waals surface area contributed by atoms with Gasteiger partial charge in [0, 0.05) is 12.1 Å². The number of nitrogens with one attached hydrogen (secondary N) is 1. The Morgan fingerprint density at radius 3 is 2.40 bits per heavy atom. The maximum absolute atomic E-state index is 13.1. The Kier molecular flexibility index (Phi) is 5.59. The van der Waals surface area contributed by atoms with E-state index in [1.54, 1.807) is 12.1 Å². The van der Waals surface area contributed by atoms with E-state index in [0.717, 1.165) is 5.92 Å². The normalized spacial score (nSPS) is 24.9. The van der Waals surface area contributed by atoms with Crippen LogP contribution in [0.2, 0.25) is 0 Å². The van der Waals surface area contributed by atoms with Crippen molar-refractivity contribution in [1.29, 1.82) is 0 Å². The zero-order valence-corrected chi connectivity index (χ0v) is 13.0. The monoisotopic (exact) mass is 277 g/mol. The zero-order valence-electron chi connectivity index (χ0n) is 13.0. The van der Waals surface area contributed by atoms with Gasteiger partial charge in [-0.15, -0.1) is 0 Å². The summed E-state index contributed by atoms with van der Waals surface area (Å²) in [7, 11) is 0. The van der Waals surface area contributed by atoms with Gasteiger partial charge in [0.05, 0.1) is 0 Å². The average Bonchev–Trinajstić information content (AvgIpc) is 2.46. The molecule has 0 spiro atoms. The molecule has 1 aromatic carbocycles. The van der Waals surface area contributed by atoms with Gasteiger partial charge in [-0.25, -0.2) is 4.39 Å². The first-order valence-corrected chi connectivity index (χ1v) is 8.13. The maximum Gasteiger partial charge on any atom is 0.123 e. The van der Waals surface area contributed by atoms with Gasteiger partial charge in [-0.2, -0.15) is 0 Å². The molecular weight excluding hydrogens is 249 g/mol. The second-order valence-corrected chi connectivity index (χ2v) is 6.50. The largest absolute Gasteiger partial charge is 0.307 e. The molecule has 1 fully saturated rings. The van der Waals surface area contributed by atoms with Crippen molar-refractivity contribution < 1.29 is 4.39 Å². The predicted octanol–water partition coefficient (Wildman–Crippen LogP) is 5.08. The highest BCUT2D eigenvalue weighted by Crippen LogP contribution is 2.31. The van der Waals surface area contributed by atoms with Gasteiger partial charge in [0.15, 0.2) is 0 Å². The van der Waals surface area contributed by atoms with E-state index in [1.165, 1.54) is 37.7 Å². The fourth-order valence-electron chi connectivity index (χ4n) is 3.49. The van der Waals surface area contributed by atoms with Gasteiger partial charge in [0.2, 0.25) is 0 Å². The summed E-state index contributed by atoms with van der Waals surface area (Å²) in [5.41, 5.74) is 1.21. The first kappa shape index (κ1) is 15.5. The first-order chi connectivity index (χ1) is 9.61. The van der Waals surface area contributed by atoms with Gasteiger partial charge < -0.3 is 5.32 Å². The summed E-state index contributed by atoms with van der Waals surface area (Å²) < 4.78 is 13.1. The van der Waals surface area contributed by atoms with Gasteiger partial charge in [-0.3, -0.25) is 0 Å². The molecule has 1 saturated carbocycles. The van der Waals surface area contributed by atoms with Crippen LogP contribution in [0, 0.1) is 17.7 Å². The Morgan fingerprint density at radius 2 is 1.80 bits per heavy atom. The fraction of sp³-hybridized carbons (Fsp3) is 0.667. The van der Waals surface area contributed by atoms with Crippen molar-refractivity contribution in [3.63, 3.8) is 0 Å². The summed E-state index contributed by atoms with van der Waals surface area (Å²) in [5.74, 6) is 1.16. The Hall–Kier alpha value is -0.890. The molecular formula is C18H28FN. The highest BCUT2D eigenvalue weighted by atomic mass is 19.1. The molecule has 0 aromatic heterocycles. The molecule has 20 heavy (non-hydrogen) atoms. The molecule has 112 valence electrons. The van der Waals surface area contributed by atoms with Gasteiger partial charge in [0.25, 0.3) is 0 Å². The van der Waals surface area contributed by atoms with Crippen molar-refractivity contribution in [3.05, 3.63) is 35.6 Å². The van der Waals surface area contributed by atoms with Crippen LogP contribution in [0.4, 0.5) is 4.39 Å². The van der Waals surface area contributed by atoms with E-state index in [-0.39, 0.29) is 5.82 Å². The molecule has 1 nitrogen and oxygen atoms in total. The lowest BCUT2D eigenvalue weighted by Gasteiger charge is -2.36. The molecule has 2 rings (SSSR count). The summed E-state index contributed by atoms with van der Waals surface area (Å²) in [5, 5.41) is 3.87. The molecule has 0 radical (unpaired) electrons. The van der Waals surface area contributed by atoms with Crippen LogP contribution in [0.5, 0.6) is 0 Å². The van der Waals surface area contributed by atoms with Crippen molar-refractivity contribution in [2.45, 2.75) is 65.0 Å². The second kappa shape index (κ2) is 7.21. The van der Waals surface area contributed by atoms with Crippen molar-refractivity contribution in [3.8, 4) is 0 Å². The molecule has 0 bridgehead atoms. The third kappa shape index (κ3) is 3.82. The van der Waals surface area contributed by atoms with Gasteiger partial charge in [-0.1, -0.05) is 52.2 Å². The van der Waals surface area contributed by atoms with E-state index in [0.29, 0.717) is 18.0 Å². The van der Waals surface area contributed by atoms with Crippen LogP contribution in [-0.2, 0) is 0 Å². The van der Waals surface area contributed by atoms with E-state index >= 15 is 0 Å². The molecule has 0 saturated heterocycles. The fourth-order valence-corrected chi connectivity index (χ4v) is 3.49. The summed E-state index contributed by atoms with van der Waals surface area (Å²) >= 11 is 0. The van der Waals surface area contributed by atoms with Crippen molar-refractivity contribution >= 4 is 0 Å². The Bertz CT molecular complexity index is 398. The summed E-state index contributed by atoms with van der Waals surface area (Å²) in [6.07, 6.45) is 6.60. The minimum atomic E-state index is -0.152. The molecule has 0 aliphatic heterocycles. The van der Waals surface area contributed by atoms with Crippen LogP contribution in [0.1, 0.15) is 64.5 Å². The standard InChI is InChI=1S/C18H28FN/c1-4-14-7-5-6-8-17(14)20-18(13(2)3)15-9-11-16(19)12-10-15/h9-14,17-18,20H,4-8H2,1-3H3. The van der Waals surface area contributed by atoms with Crippen LogP contribution in [-0.4, -0.2) is 6.04 Å². The molecule has 1 aromatic rings.